The molecule has 0 fully saturated rings. The molecule has 0 heterocycles. The van der Waals surface area contributed by atoms with Gasteiger partial charge in [-0.25, -0.2) is 17.9 Å². The summed E-state index contributed by atoms with van der Waals surface area (Å²) in [4.78, 5) is -0.227. The van der Waals surface area contributed by atoms with Gasteiger partial charge in [0.25, 0.3) is 0 Å². The minimum atomic E-state index is -3.86. The standard InChI is InChI=1S/C11H17FN2O2S/c1-4-11(2,3)14-10-6-5-8(7-9(10)12)17(13,15)16/h5-7,14H,4H2,1-3H3,(H2,13,15,16). The molecule has 0 bridgehead atoms. The number of benzene rings is 1. The van der Waals surface area contributed by atoms with Gasteiger partial charge >= 0.3 is 0 Å². The van der Waals surface area contributed by atoms with E-state index in [1.54, 1.807) is 0 Å². The van der Waals surface area contributed by atoms with Crippen molar-refractivity contribution >= 4 is 15.7 Å². The van der Waals surface area contributed by atoms with Crippen LogP contribution in [0.5, 0.6) is 0 Å². The third kappa shape index (κ3) is 3.67. The first-order valence-corrected chi connectivity index (χ1v) is 6.81. The molecule has 0 amide bonds. The van der Waals surface area contributed by atoms with E-state index in [2.05, 4.69) is 5.32 Å². The van der Waals surface area contributed by atoms with E-state index in [1.807, 2.05) is 20.8 Å². The predicted octanol–water partition coefficient (Wildman–Crippen LogP) is 2.07. The lowest BCUT2D eigenvalue weighted by Crippen LogP contribution is -2.30. The van der Waals surface area contributed by atoms with Gasteiger partial charge in [0.2, 0.25) is 10.0 Å². The average molecular weight is 260 g/mol. The van der Waals surface area contributed by atoms with Crippen LogP contribution in [0.1, 0.15) is 27.2 Å². The Balaban J connectivity index is 3.07. The molecule has 17 heavy (non-hydrogen) atoms. The highest BCUT2D eigenvalue weighted by atomic mass is 32.2. The molecule has 1 aromatic rings. The molecular weight excluding hydrogens is 243 g/mol. The SMILES string of the molecule is CCC(C)(C)Nc1ccc(S(N)(=O)=O)cc1F. The van der Waals surface area contributed by atoms with Crippen molar-refractivity contribution in [2.75, 3.05) is 5.32 Å². The number of hydrogen-bond acceptors (Lipinski definition) is 3. The van der Waals surface area contributed by atoms with Gasteiger partial charge in [0, 0.05) is 5.54 Å². The molecule has 0 aliphatic heterocycles. The lowest BCUT2D eigenvalue weighted by molar-refractivity contribution is 0.536. The molecule has 6 heteroatoms. The van der Waals surface area contributed by atoms with Crippen LogP contribution in [0.4, 0.5) is 10.1 Å². The van der Waals surface area contributed by atoms with Crippen LogP contribution in [0.2, 0.25) is 0 Å². The van der Waals surface area contributed by atoms with E-state index in [9.17, 15) is 12.8 Å². The Bertz CT molecular complexity index is 512. The van der Waals surface area contributed by atoms with Crippen molar-refractivity contribution in [3.63, 3.8) is 0 Å². The molecule has 0 aromatic heterocycles. The molecule has 0 aliphatic carbocycles. The third-order valence-corrected chi connectivity index (χ3v) is 3.54. The smallest absolute Gasteiger partial charge is 0.238 e. The largest absolute Gasteiger partial charge is 0.378 e. The summed E-state index contributed by atoms with van der Waals surface area (Å²) < 4.78 is 35.7. The molecule has 0 aliphatic rings. The van der Waals surface area contributed by atoms with Crippen LogP contribution in [0.25, 0.3) is 0 Å². The van der Waals surface area contributed by atoms with E-state index >= 15 is 0 Å². The fourth-order valence-electron chi connectivity index (χ4n) is 1.23. The van der Waals surface area contributed by atoms with Gasteiger partial charge in [-0.2, -0.15) is 0 Å². The van der Waals surface area contributed by atoms with Gasteiger partial charge in [0.15, 0.2) is 0 Å². The van der Waals surface area contributed by atoms with Crippen LogP contribution in [-0.2, 0) is 10.0 Å². The van der Waals surface area contributed by atoms with E-state index < -0.39 is 15.8 Å². The van der Waals surface area contributed by atoms with Crippen molar-refractivity contribution in [2.24, 2.45) is 5.14 Å². The molecule has 0 spiro atoms. The van der Waals surface area contributed by atoms with Crippen molar-refractivity contribution in [1.29, 1.82) is 0 Å². The quantitative estimate of drug-likeness (QED) is 0.870. The van der Waals surface area contributed by atoms with E-state index in [0.717, 1.165) is 12.5 Å². The normalized spacial score (nSPS) is 12.5. The zero-order valence-corrected chi connectivity index (χ0v) is 10.9. The van der Waals surface area contributed by atoms with E-state index in [-0.39, 0.29) is 16.1 Å². The zero-order valence-electron chi connectivity index (χ0n) is 10.1. The number of sulfonamides is 1. The highest BCUT2D eigenvalue weighted by Crippen LogP contribution is 2.23. The number of hydrogen-bond donors (Lipinski definition) is 2. The fourth-order valence-corrected chi connectivity index (χ4v) is 1.75. The Labute approximate surface area is 101 Å². The highest BCUT2D eigenvalue weighted by Gasteiger charge is 2.18. The zero-order chi connectivity index (χ0) is 13.3. The number of halogens is 1. The summed E-state index contributed by atoms with van der Waals surface area (Å²) in [6, 6.07) is 3.59. The minimum Gasteiger partial charge on any atom is -0.378 e. The molecule has 3 N–H and O–H groups in total. The summed E-state index contributed by atoms with van der Waals surface area (Å²) in [7, 11) is -3.86. The van der Waals surface area contributed by atoms with Crippen molar-refractivity contribution in [2.45, 2.75) is 37.6 Å². The van der Waals surface area contributed by atoms with E-state index in [0.29, 0.717) is 0 Å². The summed E-state index contributed by atoms with van der Waals surface area (Å²) >= 11 is 0. The predicted molar refractivity (Wildman–Crippen MR) is 65.8 cm³/mol. The Morgan fingerprint density at radius 3 is 2.41 bits per heavy atom. The first-order valence-electron chi connectivity index (χ1n) is 5.26. The third-order valence-electron chi connectivity index (χ3n) is 2.63. The van der Waals surface area contributed by atoms with Gasteiger partial charge in [-0.05, 0) is 38.5 Å². The maximum atomic E-state index is 13.7. The Morgan fingerprint density at radius 2 is 2.00 bits per heavy atom. The topological polar surface area (TPSA) is 72.2 Å². The van der Waals surface area contributed by atoms with Crippen molar-refractivity contribution in [1.82, 2.24) is 0 Å². The second-order valence-electron chi connectivity index (χ2n) is 4.55. The number of nitrogens with one attached hydrogen (secondary N) is 1. The van der Waals surface area contributed by atoms with Crippen molar-refractivity contribution in [3.8, 4) is 0 Å². The second-order valence-corrected chi connectivity index (χ2v) is 6.11. The number of rotatable bonds is 4. The number of anilines is 1. The van der Waals surface area contributed by atoms with E-state index in [1.165, 1.54) is 12.1 Å². The molecule has 1 aromatic carbocycles. The molecule has 96 valence electrons. The van der Waals surface area contributed by atoms with Crippen LogP contribution in [-0.4, -0.2) is 14.0 Å². The maximum absolute atomic E-state index is 13.7. The molecule has 1 rings (SSSR count). The Hall–Kier alpha value is -1.14. The first kappa shape index (κ1) is 13.9. The van der Waals surface area contributed by atoms with Gasteiger partial charge in [-0.1, -0.05) is 6.92 Å². The molecule has 4 nitrogen and oxygen atoms in total. The second kappa shape index (κ2) is 4.62. The first-order chi connectivity index (χ1) is 7.65. The van der Waals surface area contributed by atoms with E-state index in [4.69, 9.17) is 5.14 Å². The van der Waals surface area contributed by atoms with Crippen LogP contribution >= 0.6 is 0 Å². The summed E-state index contributed by atoms with van der Waals surface area (Å²) in [5.74, 6) is -0.627. The van der Waals surface area contributed by atoms with Gasteiger partial charge in [-0.15, -0.1) is 0 Å². The maximum Gasteiger partial charge on any atom is 0.238 e. The fraction of sp³-hybridized carbons (Fsp3) is 0.455. The number of primary sulfonamides is 1. The van der Waals surface area contributed by atoms with Gasteiger partial charge in [0.05, 0.1) is 10.6 Å². The molecule has 0 saturated heterocycles. The van der Waals surface area contributed by atoms with Gasteiger partial charge in [0.1, 0.15) is 5.82 Å². The molecule has 0 saturated carbocycles. The highest BCUT2D eigenvalue weighted by molar-refractivity contribution is 7.89. The monoisotopic (exact) mass is 260 g/mol. The minimum absolute atomic E-state index is 0.227. The van der Waals surface area contributed by atoms with Crippen LogP contribution < -0.4 is 10.5 Å². The van der Waals surface area contributed by atoms with Gasteiger partial charge in [-0.3, -0.25) is 0 Å². The lowest BCUT2D eigenvalue weighted by Gasteiger charge is -2.26. The molecule has 0 radical (unpaired) electrons. The summed E-state index contributed by atoms with van der Waals surface area (Å²) in [6.45, 7) is 5.84. The molecule has 0 atom stereocenters. The number of nitrogens with two attached hydrogens (primary N) is 1. The molecular formula is C11H17FN2O2S. The Kier molecular flexibility index (Phi) is 3.78. The summed E-state index contributed by atoms with van der Waals surface area (Å²) in [5.41, 5.74) is 0.00785. The van der Waals surface area contributed by atoms with Crippen LogP contribution in [0.3, 0.4) is 0 Å². The van der Waals surface area contributed by atoms with Gasteiger partial charge < -0.3 is 5.32 Å². The van der Waals surface area contributed by atoms with Crippen molar-refractivity contribution in [3.05, 3.63) is 24.0 Å². The average Bonchev–Trinajstić information content (AvgIpc) is 2.19. The summed E-state index contributed by atoms with van der Waals surface area (Å²) in [6.07, 6.45) is 0.809. The summed E-state index contributed by atoms with van der Waals surface area (Å²) in [5, 5.41) is 7.92. The van der Waals surface area contributed by atoms with Crippen molar-refractivity contribution < 1.29 is 12.8 Å². The molecule has 0 unspecified atom stereocenters. The van der Waals surface area contributed by atoms with Crippen LogP contribution in [0, 0.1) is 5.82 Å². The lowest BCUT2D eigenvalue weighted by atomic mass is 10.0. The van der Waals surface area contributed by atoms with Crippen LogP contribution in [0.15, 0.2) is 23.1 Å². The Morgan fingerprint density at radius 1 is 1.41 bits per heavy atom.